The molecule has 1 aliphatic rings. The first kappa shape index (κ1) is 9.92. The molecule has 0 bridgehead atoms. The van der Waals surface area contributed by atoms with E-state index in [0.717, 1.165) is 0 Å². The molecule has 4 atom stereocenters. The van der Waals surface area contributed by atoms with Crippen LogP contribution in [0.2, 0.25) is 0 Å². The van der Waals surface area contributed by atoms with Crippen LogP contribution in [0.25, 0.3) is 0 Å². The van der Waals surface area contributed by atoms with Crippen molar-refractivity contribution in [2.24, 2.45) is 0 Å². The highest BCUT2D eigenvalue weighted by Gasteiger charge is 2.37. The Balaban J connectivity index is 2.61. The van der Waals surface area contributed by atoms with E-state index in [1.165, 1.54) is 0 Å². The molecule has 0 radical (unpaired) electrons. The largest absolute Gasteiger partial charge is 0.388 e. The molecule has 1 N–H and O–H groups in total. The van der Waals surface area contributed by atoms with Gasteiger partial charge in [0.15, 0.2) is 0 Å². The van der Waals surface area contributed by atoms with E-state index >= 15 is 0 Å². The van der Waals surface area contributed by atoms with Crippen molar-refractivity contribution in [1.82, 2.24) is 0 Å². The van der Waals surface area contributed by atoms with Gasteiger partial charge in [-0.3, -0.25) is 0 Å². The topological polar surface area (TPSA) is 47.9 Å². The molecule has 12 heavy (non-hydrogen) atoms. The van der Waals surface area contributed by atoms with Gasteiger partial charge in [-0.1, -0.05) is 0 Å². The van der Waals surface area contributed by atoms with Gasteiger partial charge in [-0.25, -0.2) is 0 Å². The molecular weight excluding hydrogens is 160 g/mol. The van der Waals surface area contributed by atoms with Crippen LogP contribution in [0.3, 0.4) is 0 Å². The summed E-state index contributed by atoms with van der Waals surface area (Å²) in [4.78, 5) is 0. The van der Waals surface area contributed by atoms with Crippen LogP contribution < -0.4 is 0 Å². The fourth-order valence-electron chi connectivity index (χ4n) is 1.54. The van der Waals surface area contributed by atoms with Gasteiger partial charge >= 0.3 is 0 Å². The van der Waals surface area contributed by atoms with E-state index < -0.39 is 6.10 Å². The third-order valence-corrected chi connectivity index (χ3v) is 2.24. The lowest BCUT2D eigenvalue weighted by molar-refractivity contribution is -0.199. The van der Waals surface area contributed by atoms with Crippen molar-refractivity contribution in [2.75, 3.05) is 20.8 Å². The van der Waals surface area contributed by atoms with Gasteiger partial charge in [0.25, 0.3) is 0 Å². The Morgan fingerprint density at radius 3 is 2.25 bits per heavy atom. The molecule has 1 fully saturated rings. The van der Waals surface area contributed by atoms with Gasteiger partial charge in [0.1, 0.15) is 18.3 Å². The maximum absolute atomic E-state index is 9.46. The second-order valence-electron chi connectivity index (χ2n) is 3.01. The van der Waals surface area contributed by atoms with E-state index in [0.29, 0.717) is 6.61 Å². The third kappa shape index (κ3) is 1.77. The summed E-state index contributed by atoms with van der Waals surface area (Å²) in [6.45, 7) is 2.23. The fourth-order valence-corrected chi connectivity index (χ4v) is 1.54. The van der Waals surface area contributed by atoms with Gasteiger partial charge in [0, 0.05) is 14.2 Å². The highest BCUT2D eigenvalue weighted by molar-refractivity contribution is 4.86. The van der Waals surface area contributed by atoms with Crippen LogP contribution in [0.1, 0.15) is 6.92 Å². The van der Waals surface area contributed by atoms with Gasteiger partial charge in [-0.2, -0.15) is 0 Å². The second-order valence-corrected chi connectivity index (χ2v) is 3.01. The average molecular weight is 176 g/mol. The number of aliphatic hydroxyl groups excluding tert-OH is 1. The van der Waals surface area contributed by atoms with Crippen molar-refractivity contribution in [3.8, 4) is 0 Å². The normalized spacial score (nSPS) is 43.0. The van der Waals surface area contributed by atoms with Gasteiger partial charge in [-0.05, 0) is 6.92 Å². The summed E-state index contributed by atoms with van der Waals surface area (Å²) in [5, 5.41) is 9.46. The molecule has 1 rings (SSSR count). The van der Waals surface area contributed by atoms with Crippen molar-refractivity contribution in [3.63, 3.8) is 0 Å². The minimum Gasteiger partial charge on any atom is -0.388 e. The molecule has 0 aromatic carbocycles. The van der Waals surface area contributed by atoms with Crippen LogP contribution in [-0.2, 0) is 14.2 Å². The monoisotopic (exact) mass is 176 g/mol. The van der Waals surface area contributed by atoms with Crippen molar-refractivity contribution in [1.29, 1.82) is 0 Å². The lowest BCUT2D eigenvalue weighted by Gasteiger charge is -2.37. The van der Waals surface area contributed by atoms with Gasteiger partial charge in [-0.15, -0.1) is 0 Å². The van der Waals surface area contributed by atoms with Crippen LogP contribution >= 0.6 is 0 Å². The number of rotatable bonds is 2. The number of methoxy groups -OCH3 is 2. The van der Waals surface area contributed by atoms with Crippen molar-refractivity contribution in [2.45, 2.75) is 31.3 Å². The quantitative estimate of drug-likeness (QED) is 0.632. The molecule has 1 aliphatic heterocycles. The van der Waals surface area contributed by atoms with Crippen LogP contribution in [-0.4, -0.2) is 50.3 Å². The van der Waals surface area contributed by atoms with Gasteiger partial charge in [0.2, 0.25) is 0 Å². The predicted octanol–water partition coefficient (Wildman–Crippen LogP) is -0.204. The predicted molar refractivity (Wildman–Crippen MR) is 43.0 cm³/mol. The standard InChI is InChI=1S/C8H16O4/c1-5-7(10-2)8(11-3)6(9)4-12-5/h5-9H,4H2,1-3H3/t5?,6-,7+,8+/m1/s1. The highest BCUT2D eigenvalue weighted by Crippen LogP contribution is 2.19. The zero-order valence-electron chi connectivity index (χ0n) is 7.69. The Morgan fingerprint density at radius 2 is 1.83 bits per heavy atom. The molecule has 0 saturated carbocycles. The molecule has 4 heteroatoms. The molecule has 0 spiro atoms. The zero-order chi connectivity index (χ0) is 9.14. The summed E-state index contributed by atoms with van der Waals surface area (Å²) in [5.74, 6) is 0. The lowest BCUT2D eigenvalue weighted by atomic mass is 10.0. The first-order chi connectivity index (χ1) is 5.70. The van der Waals surface area contributed by atoms with Crippen LogP contribution in [0.4, 0.5) is 0 Å². The van der Waals surface area contributed by atoms with Gasteiger partial charge in [0.05, 0.1) is 12.7 Å². The molecule has 72 valence electrons. The summed E-state index contributed by atoms with van der Waals surface area (Å²) >= 11 is 0. The SMILES string of the molecule is CO[C@H]1[C@H](O)COC(C)[C@@H]1OC. The first-order valence-electron chi connectivity index (χ1n) is 4.06. The number of aliphatic hydroxyl groups is 1. The van der Waals surface area contributed by atoms with Crippen molar-refractivity contribution >= 4 is 0 Å². The molecule has 4 nitrogen and oxygen atoms in total. The Labute approximate surface area is 72.4 Å². The average Bonchev–Trinajstić information content (AvgIpc) is 2.08. The molecule has 1 heterocycles. The number of hydrogen-bond acceptors (Lipinski definition) is 4. The number of hydrogen-bond donors (Lipinski definition) is 1. The maximum Gasteiger partial charge on any atom is 0.114 e. The smallest absolute Gasteiger partial charge is 0.114 e. The maximum atomic E-state index is 9.46. The van der Waals surface area contributed by atoms with E-state index in [1.54, 1.807) is 14.2 Å². The Kier molecular flexibility index (Phi) is 3.46. The van der Waals surface area contributed by atoms with Gasteiger partial charge < -0.3 is 19.3 Å². The molecule has 0 aliphatic carbocycles. The summed E-state index contributed by atoms with van der Waals surface area (Å²) in [6.07, 6.45) is -1.07. The molecule has 0 amide bonds. The van der Waals surface area contributed by atoms with E-state index in [4.69, 9.17) is 14.2 Å². The molecular formula is C8H16O4. The van der Waals surface area contributed by atoms with Crippen molar-refractivity contribution in [3.05, 3.63) is 0 Å². The summed E-state index contributed by atoms with van der Waals surface area (Å²) in [5.41, 5.74) is 0. The number of ether oxygens (including phenoxy) is 3. The minimum absolute atomic E-state index is 0.0247. The van der Waals surface area contributed by atoms with E-state index in [9.17, 15) is 5.11 Å². The first-order valence-corrected chi connectivity index (χ1v) is 4.06. The van der Waals surface area contributed by atoms with Crippen LogP contribution in [0.15, 0.2) is 0 Å². The highest BCUT2D eigenvalue weighted by atomic mass is 16.6. The molecule has 0 aromatic heterocycles. The lowest BCUT2D eigenvalue weighted by Crippen LogP contribution is -2.53. The molecule has 0 aromatic rings. The molecule has 1 unspecified atom stereocenters. The fraction of sp³-hybridized carbons (Fsp3) is 1.00. The molecule has 1 saturated heterocycles. The third-order valence-electron chi connectivity index (χ3n) is 2.24. The Bertz CT molecular complexity index is 123. The van der Waals surface area contributed by atoms with E-state index in [2.05, 4.69) is 0 Å². The Morgan fingerprint density at radius 1 is 1.25 bits per heavy atom. The van der Waals surface area contributed by atoms with E-state index in [-0.39, 0.29) is 18.3 Å². The Hall–Kier alpha value is -0.160. The zero-order valence-corrected chi connectivity index (χ0v) is 7.69. The van der Waals surface area contributed by atoms with Crippen LogP contribution in [0, 0.1) is 0 Å². The minimum atomic E-state index is -0.587. The summed E-state index contributed by atoms with van der Waals surface area (Å²) in [7, 11) is 3.16. The summed E-state index contributed by atoms with van der Waals surface area (Å²) in [6, 6.07) is 0. The second kappa shape index (κ2) is 4.18. The van der Waals surface area contributed by atoms with E-state index in [1.807, 2.05) is 6.92 Å². The van der Waals surface area contributed by atoms with Crippen LogP contribution in [0.5, 0.6) is 0 Å². The van der Waals surface area contributed by atoms with Crippen molar-refractivity contribution < 1.29 is 19.3 Å². The summed E-state index contributed by atoms with van der Waals surface area (Å²) < 4.78 is 15.6.